The maximum atomic E-state index is 12.3. The zero-order chi connectivity index (χ0) is 13.1. The second-order valence-electron chi connectivity index (χ2n) is 3.64. The van der Waals surface area contributed by atoms with Gasteiger partial charge in [-0.1, -0.05) is 23.7 Å². The van der Waals surface area contributed by atoms with Crippen molar-refractivity contribution >= 4 is 17.3 Å². The lowest BCUT2D eigenvalue weighted by atomic mass is 10.0. The maximum Gasteiger partial charge on any atom is 0.387 e. The molecule has 0 aliphatic heterocycles. The lowest BCUT2D eigenvalue weighted by Gasteiger charge is -2.11. The van der Waals surface area contributed by atoms with E-state index in [-0.39, 0.29) is 5.75 Å². The minimum absolute atomic E-state index is 0.0826. The number of alkyl halides is 2. The first-order chi connectivity index (χ1) is 8.56. The summed E-state index contributed by atoms with van der Waals surface area (Å²) in [5.41, 5.74) is 7.38. The SMILES string of the molecule is Nc1ccc(-c2cc(Cl)ccc2OC(F)F)cc1. The summed E-state index contributed by atoms with van der Waals surface area (Å²) in [5.74, 6) is 0.0826. The molecular formula is C13H10ClF2NO. The smallest absolute Gasteiger partial charge is 0.387 e. The summed E-state index contributed by atoms with van der Waals surface area (Å²) in [5, 5.41) is 0.448. The highest BCUT2D eigenvalue weighted by Gasteiger charge is 2.11. The number of nitrogen functional groups attached to an aromatic ring is 1. The predicted octanol–water partition coefficient (Wildman–Crippen LogP) is 4.19. The summed E-state index contributed by atoms with van der Waals surface area (Å²) in [6.07, 6.45) is 0. The van der Waals surface area contributed by atoms with E-state index < -0.39 is 6.61 Å². The fraction of sp³-hybridized carbons (Fsp3) is 0.0769. The third-order valence-corrected chi connectivity index (χ3v) is 2.61. The van der Waals surface area contributed by atoms with Gasteiger partial charge in [-0.2, -0.15) is 8.78 Å². The molecular weight excluding hydrogens is 260 g/mol. The van der Waals surface area contributed by atoms with Gasteiger partial charge in [-0.05, 0) is 35.9 Å². The van der Waals surface area contributed by atoms with Gasteiger partial charge in [-0.25, -0.2) is 0 Å². The van der Waals surface area contributed by atoms with E-state index in [9.17, 15) is 8.78 Å². The molecule has 0 bridgehead atoms. The number of ether oxygens (including phenoxy) is 1. The first kappa shape index (κ1) is 12.6. The molecule has 0 saturated heterocycles. The van der Waals surface area contributed by atoms with Crippen LogP contribution in [-0.2, 0) is 0 Å². The van der Waals surface area contributed by atoms with Gasteiger partial charge >= 0.3 is 6.61 Å². The van der Waals surface area contributed by atoms with Crippen LogP contribution in [0.25, 0.3) is 11.1 Å². The first-order valence-corrected chi connectivity index (χ1v) is 5.54. The lowest BCUT2D eigenvalue weighted by Crippen LogP contribution is -2.03. The van der Waals surface area contributed by atoms with E-state index in [0.29, 0.717) is 21.8 Å². The summed E-state index contributed by atoms with van der Waals surface area (Å²) < 4.78 is 29.1. The number of nitrogens with two attached hydrogens (primary N) is 1. The van der Waals surface area contributed by atoms with Crippen LogP contribution in [0, 0.1) is 0 Å². The second-order valence-corrected chi connectivity index (χ2v) is 4.08. The van der Waals surface area contributed by atoms with Gasteiger partial charge < -0.3 is 10.5 Å². The van der Waals surface area contributed by atoms with Crippen LogP contribution in [0.5, 0.6) is 5.75 Å². The molecule has 0 amide bonds. The van der Waals surface area contributed by atoms with Crippen molar-refractivity contribution in [1.82, 2.24) is 0 Å². The summed E-state index contributed by atoms with van der Waals surface area (Å²) >= 11 is 5.87. The Balaban J connectivity index is 2.47. The maximum absolute atomic E-state index is 12.3. The summed E-state index contributed by atoms with van der Waals surface area (Å²) in [7, 11) is 0. The normalized spacial score (nSPS) is 10.7. The highest BCUT2D eigenvalue weighted by Crippen LogP contribution is 2.33. The van der Waals surface area contributed by atoms with E-state index in [0.717, 1.165) is 0 Å². The van der Waals surface area contributed by atoms with E-state index >= 15 is 0 Å². The molecule has 2 aromatic carbocycles. The average molecular weight is 270 g/mol. The average Bonchev–Trinajstić information content (AvgIpc) is 2.32. The molecule has 2 nitrogen and oxygen atoms in total. The number of rotatable bonds is 3. The minimum Gasteiger partial charge on any atom is -0.434 e. The Labute approximate surface area is 108 Å². The fourth-order valence-corrected chi connectivity index (χ4v) is 1.76. The zero-order valence-corrected chi connectivity index (χ0v) is 9.99. The number of hydrogen-bond acceptors (Lipinski definition) is 2. The number of hydrogen-bond donors (Lipinski definition) is 1. The Morgan fingerprint density at radius 1 is 1.06 bits per heavy atom. The molecule has 0 unspecified atom stereocenters. The molecule has 0 spiro atoms. The molecule has 0 aliphatic carbocycles. The summed E-state index contributed by atoms with van der Waals surface area (Å²) in [6, 6.07) is 11.3. The van der Waals surface area contributed by atoms with E-state index in [1.807, 2.05) is 0 Å². The zero-order valence-electron chi connectivity index (χ0n) is 9.24. The van der Waals surface area contributed by atoms with Crippen molar-refractivity contribution in [2.45, 2.75) is 6.61 Å². The molecule has 2 aromatic rings. The van der Waals surface area contributed by atoms with Crippen LogP contribution >= 0.6 is 11.6 Å². The van der Waals surface area contributed by atoms with Crippen LogP contribution < -0.4 is 10.5 Å². The third kappa shape index (κ3) is 2.90. The van der Waals surface area contributed by atoms with Gasteiger partial charge in [0.15, 0.2) is 0 Å². The van der Waals surface area contributed by atoms with Crippen molar-refractivity contribution in [3.63, 3.8) is 0 Å². The topological polar surface area (TPSA) is 35.2 Å². The lowest BCUT2D eigenvalue weighted by molar-refractivity contribution is -0.0494. The van der Waals surface area contributed by atoms with Gasteiger partial charge in [0.25, 0.3) is 0 Å². The van der Waals surface area contributed by atoms with Crippen LogP contribution in [0.1, 0.15) is 0 Å². The van der Waals surface area contributed by atoms with Crippen molar-refractivity contribution < 1.29 is 13.5 Å². The molecule has 18 heavy (non-hydrogen) atoms. The first-order valence-electron chi connectivity index (χ1n) is 5.16. The molecule has 0 heterocycles. The van der Waals surface area contributed by atoms with Gasteiger partial charge in [-0.3, -0.25) is 0 Å². The van der Waals surface area contributed by atoms with Crippen molar-refractivity contribution in [1.29, 1.82) is 0 Å². The van der Waals surface area contributed by atoms with Crippen molar-refractivity contribution in [3.05, 3.63) is 47.5 Å². The van der Waals surface area contributed by atoms with Crippen molar-refractivity contribution in [2.75, 3.05) is 5.73 Å². The Morgan fingerprint density at radius 3 is 2.33 bits per heavy atom. The molecule has 0 radical (unpaired) electrons. The predicted molar refractivity (Wildman–Crippen MR) is 67.9 cm³/mol. The van der Waals surface area contributed by atoms with Crippen molar-refractivity contribution in [3.8, 4) is 16.9 Å². The highest BCUT2D eigenvalue weighted by atomic mass is 35.5. The molecule has 0 saturated carbocycles. The van der Waals surface area contributed by atoms with Gasteiger partial charge in [0, 0.05) is 16.3 Å². The molecule has 94 valence electrons. The highest BCUT2D eigenvalue weighted by molar-refractivity contribution is 6.31. The van der Waals surface area contributed by atoms with Gasteiger partial charge in [0.05, 0.1) is 0 Å². The summed E-state index contributed by atoms with van der Waals surface area (Å²) in [4.78, 5) is 0. The standard InChI is InChI=1S/C13H10ClF2NO/c14-9-3-6-12(18-13(15)16)11(7-9)8-1-4-10(17)5-2-8/h1-7,13H,17H2. The Kier molecular flexibility index (Phi) is 3.67. The monoisotopic (exact) mass is 269 g/mol. The number of anilines is 1. The Morgan fingerprint density at radius 2 is 1.72 bits per heavy atom. The molecule has 0 aromatic heterocycles. The van der Waals surface area contributed by atoms with Crippen LogP contribution in [0.15, 0.2) is 42.5 Å². The van der Waals surface area contributed by atoms with E-state index in [4.69, 9.17) is 17.3 Å². The largest absolute Gasteiger partial charge is 0.434 e. The minimum atomic E-state index is -2.88. The number of benzene rings is 2. The van der Waals surface area contributed by atoms with E-state index in [2.05, 4.69) is 4.74 Å². The van der Waals surface area contributed by atoms with Crippen molar-refractivity contribution in [2.24, 2.45) is 0 Å². The molecule has 5 heteroatoms. The van der Waals surface area contributed by atoms with Gasteiger partial charge in [-0.15, -0.1) is 0 Å². The quantitative estimate of drug-likeness (QED) is 0.848. The Bertz CT molecular complexity index is 543. The van der Waals surface area contributed by atoms with Crippen LogP contribution in [-0.4, -0.2) is 6.61 Å². The third-order valence-electron chi connectivity index (χ3n) is 2.38. The van der Waals surface area contributed by atoms with E-state index in [1.165, 1.54) is 12.1 Å². The fourth-order valence-electron chi connectivity index (χ4n) is 1.59. The van der Waals surface area contributed by atoms with Crippen LogP contribution in [0.2, 0.25) is 5.02 Å². The molecule has 2 N–H and O–H groups in total. The molecule has 0 fully saturated rings. The molecule has 0 atom stereocenters. The second kappa shape index (κ2) is 5.23. The Hall–Kier alpha value is -1.81. The van der Waals surface area contributed by atoms with E-state index in [1.54, 1.807) is 30.3 Å². The summed E-state index contributed by atoms with van der Waals surface area (Å²) in [6.45, 7) is -2.88. The number of halogens is 3. The van der Waals surface area contributed by atoms with Crippen LogP contribution in [0.3, 0.4) is 0 Å². The van der Waals surface area contributed by atoms with Crippen LogP contribution in [0.4, 0.5) is 14.5 Å². The van der Waals surface area contributed by atoms with Gasteiger partial charge in [0.2, 0.25) is 0 Å². The molecule has 2 rings (SSSR count). The molecule has 0 aliphatic rings. The van der Waals surface area contributed by atoms with Gasteiger partial charge in [0.1, 0.15) is 5.75 Å².